The largest absolute Gasteiger partial charge is 0.325 e. The minimum atomic E-state index is -0.0880. The summed E-state index contributed by atoms with van der Waals surface area (Å²) in [6.45, 7) is 1.46. The van der Waals surface area contributed by atoms with E-state index in [1.54, 1.807) is 24.3 Å². The number of carbonyl (C=O) groups excluding carboxylic acids is 1. The molecule has 0 aromatic heterocycles. The van der Waals surface area contributed by atoms with Gasteiger partial charge in [-0.05, 0) is 30.7 Å². The number of nitrogens with zero attached hydrogens (tertiary/aromatic N) is 1. The fourth-order valence-electron chi connectivity index (χ4n) is 2.11. The van der Waals surface area contributed by atoms with Crippen LogP contribution < -0.4 is 10.6 Å². The van der Waals surface area contributed by atoms with Crippen molar-refractivity contribution in [2.75, 3.05) is 18.4 Å². The van der Waals surface area contributed by atoms with Crippen LogP contribution in [0.1, 0.15) is 17.5 Å². The molecule has 0 heterocycles. The monoisotopic (exact) mass is 293 g/mol. The van der Waals surface area contributed by atoms with Gasteiger partial charge in [0.25, 0.3) is 0 Å². The highest BCUT2D eigenvalue weighted by Crippen LogP contribution is 2.13. The minimum Gasteiger partial charge on any atom is -0.325 e. The van der Waals surface area contributed by atoms with E-state index in [1.165, 1.54) is 5.56 Å². The summed E-state index contributed by atoms with van der Waals surface area (Å²) in [5.41, 5.74) is 2.33. The lowest BCUT2D eigenvalue weighted by atomic mass is 10.1. The van der Waals surface area contributed by atoms with E-state index in [1.807, 2.05) is 18.2 Å². The molecule has 0 spiro atoms. The van der Waals surface area contributed by atoms with Gasteiger partial charge in [0.05, 0.1) is 11.3 Å². The fraction of sp³-hybridized carbons (Fsp3) is 0.222. The smallest absolute Gasteiger partial charge is 0.225 e. The average Bonchev–Trinajstić information content (AvgIpc) is 2.56. The Kier molecular flexibility index (Phi) is 6.16. The van der Waals surface area contributed by atoms with Gasteiger partial charge in [-0.15, -0.1) is 0 Å². The number of benzene rings is 2. The molecule has 0 aliphatic heterocycles. The number of nitriles is 1. The zero-order chi connectivity index (χ0) is 15.6. The molecule has 0 aliphatic rings. The topological polar surface area (TPSA) is 64.9 Å². The molecular formula is C18H19N3O. The highest BCUT2D eigenvalue weighted by molar-refractivity contribution is 5.92. The molecule has 22 heavy (non-hydrogen) atoms. The van der Waals surface area contributed by atoms with Gasteiger partial charge in [-0.3, -0.25) is 4.79 Å². The fourth-order valence-corrected chi connectivity index (χ4v) is 2.11. The highest BCUT2D eigenvalue weighted by atomic mass is 16.1. The summed E-state index contributed by atoms with van der Waals surface area (Å²) < 4.78 is 0. The van der Waals surface area contributed by atoms with Crippen LogP contribution in [0, 0.1) is 11.3 Å². The number of hydrogen-bond acceptors (Lipinski definition) is 3. The summed E-state index contributed by atoms with van der Waals surface area (Å²) in [6.07, 6.45) is 1.33. The van der Waals surface area contributed by atoms with Crippen molar-refractivity contribution in [1.29, 1.82) is 5.26 Å². The van der Waals surface area contributed by atoms with Gasteiger partial charge in [-0.25, -0.2) is 0 Å². The zero-order valence-corrected chi connectivity index (χ0v) is 12.4. The lowest BCUT2D eigenvalue weighted by Gasteiger charge is -2.07. The predicted octanol–water partition coefficient (Wildman–Crippen LogP) is 2.72. The van der Waals surface area contributed by atoms with Gasteiger partial charge < -0.3 is 10.6 Å². The van der Waals surface area contributed by atoms with Crippen molar-refractivity contribution in [3.05, 3.63) is 65.7 Å². The van der Waals surface area contributed by atoms with Gasteiger partial charge in [0, 0.05) is 13.0 Å². The van der Waals surface area contributed by atoms with Crippen LogP contribution in [0.4, 0.5) is 5.69 Å². The maximum Gasteiger partial charge on any atom is 0.225 e. The molecule has 4 heteroatoms. The third-order valence-electron chi connectivity index (χ3n) is 3.28. The maximum atomic E-state index is 11.9. The Morgan fingerprint density at radius 3 is 2.50 bits per heavy atom. The van der Waals surface area contributed by atoms with Crippen LogP contribution in [0.5, 0.6) is 0 Å². The van der Waals surface area contributed by atoms with Gasteiger partial charge >= 0.3 is 0 Å². The number of anilines is 1. The molecule has 0 fully saturated rings. The molecule has 0 unspecified atom stereocenters. The Balaban J connectivity index is 1.67. The van der Waals surface area contributed by atoms with E-state index in [2.05, 4.69) is 28.8 Å². The molecule has 112 valence electrons. The molecule has 2 rings (SSSR count). The van der Waals surface area contributed by atoms with Gasteiger partial charge in [0.2, 0.25) is 5.91 Å². The summed E-state index contributed by atoms with van der Waals surface area (Å²) in [7, 11) is 0. The molecule has 4 nitrogen and oxygen atoms in total. The van der Waals surface area contributed by atoms with Crippen molar-refractivity contribution in [2.45, 2.75) is 12.8 Å². The molecule has 0 saturated heterocycles. The summed E-state index contributed by atoms with van der Waals surface area (Å²) in [4.78, 5) is 11.9. The molecule has 0 aliphatic carbocycles. The number of amides is 1. The van der Waals surface area contributed by atoms with Crippen molar-refractivity contribution >= 4 is 11.6 Å². The third kappa shape index (κ3) is 5.04. The second-order valence-corrected chi connectivity index (χ2v) is 4.94. The molecule has 0 saturated carbocycles. The van der Waals surface area contributed by atoms with Crippen LogP contribution >= 0.6 is 0 Å². The van der Waals surface area contributed by atoms with Crippen molar-refractivity contribution in [3.8, 4) is 6.07 Å². The van der Waals surface area contributed by atoms with Crippen LogP contribution in [0.2, 0.25) is 0 Å². The van der Waals surface area contributed by atoms with Crippen molar-refractivity contribution < 1.29 is 4.79 Å². The summed E-state index contributed by atoms with van der Waals surface area (Å²) >= 11 is 0. The second kappa shape index (κ2) is 8.60. The van der Waals surface area contributed by atoms with E-state index in [-0.39, 0.29) is 5.91 Å². The number of hydrogen-bond donors (Lipinski definition) is 2. The molecule has 1 amide bonds. The van der Waals surface area contributed by atoms with E-state index in [4.69, 9.17) is 5.26 Å². The average molecular weight is 293 g/mol. The molecule has 2 N–H and O–H groups in total. The van der Waals surface area contributed by atoms with Crippen LogP contribution in [-0.4, -0.2) is 19.0 Å². The van der Waals surface area contributed by atoms with Crippen LogP contribution in [-0.2, 0) is 11.2 Å². The zero-order valence-electron chi connectivity index (χ0n) is 12.4. The Bertz CT molecular complexity index is 647. The maximum absolute atomic E-state index is 11.9. The molecule has 0 bridgehead atoms. The van der Waals surface area contributed by atoms with Crippen molar-refractivity contribution in [3.63, 3.8) is 0 Å². The molecule has 0 atom stereocenters. The summed E-state index contributed by atoms with van der Waals surface area (Å²) in [5, 5.41) is 15.0. The van der Waals surface area contributed by atoms with Crippen LogP contribution in [0.15, 0.2) is 54.6 Å². The SMILES string of the molecule is N#Cc1ccccc1NC(=O)CCNCCc1ccccc1. The van der Waals surface area contributed by atoms with E-state index >= 15 is 0 Å². The minimum absolute atomic E-state index is 0.0880. The van der Waals surface area contributed by atoms with Crippen LogP contribution in [0.25, 0.3) is 0 Å². The molecule has 2 aromatic rings. The predicted molar refractivity (Wildman–Crippen MR) is 87.4 cm³/mol. The molecular weight excluding hydrogens is 274 g/mol. The number of nitrogens with one attached hydrogen (secondary N) is 2. The van der Waals surface area contributed by atoms with Gasteiger partial charge in [-0.1, -0.05) is 42.5 Å². The number of carbonyl (C=O) groups is 1. The van der Waals surface area contributed by atoms with E-state index in [9.17, 15) is 4.79 Å². The first-order valence-electron chi connectivity index (χ1n) is 7.33. The number of para-hydroxylation sites is 1. The molecule has 2 aromatic carbocycles. The van der Waals surface area contributed by atoms with Crippen molar-refractivity contribution in [2.24, 2.45) is 0 Å². The highest BCUT2D eigenvalue weighted by Gasteiger charge is 2.05. The number of rotatable bonds is 7. The van der Waals surface area contributed by atoms with E-state index in [0.29, 0.717) is 24.2 Å². The first kappa shape index (κ1) is 15.7. The summed E-state index contributed by atoms with van der Waals surface area (Å²) in [5.74, 6) is -0.0880. The normalized spacial score (nSPS) is 9.95. The first-order chi connectivity index (χ1) is 10.8. The second-order valence-electron chi connectivity index (χ2n) is 4.94. The van der Waals surface area contributed by atoms with Gasteiger partial charge in [0.15, 0.2) is 0 Å². The van der Waals surface area contributed by atoms with E-state index in [0.717, 1.165) is 13.0 Å². The van der Waals surface area contributed by atoms with Crippen LogP contribution in [0.3, 0.4) is 0 Å². The summed E-state index contributed by atoms with van der Waals surface area (Å²) in [6, 6.07) is 19.3. The lowest BCUT2D eigenvalue weighted by Crippen LogP contribution is -2.23. The first-order valence-corrected chi connectivity index (χ1v) is 7.33. The third-order valence-corrected chi connectivity index (χ3v) is 3.28. The lowest BCUT2D eigenvalue weighted by molar-refractivity contribution is -0.116. The quantitative estimate of drug-likeness (QED) is 0.771. The van der Waals surface area contributed by atoms with Gasteiger partial charge in [0.1, 0.15) is 6.07 Å². The van der Waals surface area contributed by atoms with Crippen molar-refractivity contribution in [1.82, 2.24) is 5.32 Å². The van der Waals surface area contributed by atoms with E-state index < -0.39 is 0 Å². The molecule has 0 radical (unpaired) electrons. The standard InChI is InChI=1S/C18H19N3O/c19-14-16-8-4-5-9-17(16)21-18(22)11-13-20-12-10-15-6-2-1-3-7-15/h1-9,20H,10-13H2,(H,21,22). The Morgan fingerprint density at radius 1 is 1.00 bits per heavy atom. The Labute approximate surface area is 130 Å². The Morgan fingerprint density at radius 2 is 1.73 bits per heavy atom. The van der Waals surface area contributed by atoms with Gasteiger partial charge in [-0.2, -0.15) is 5.26 Å². The Hall–Kier alpha value is -2.64.